The number of aromatic hydroxyl groups is 2. The highest BCUT2D eigenvalue weighted by Crippen LogP contribution is 2.68. The van der Waals surface area contributed by atoms with Crippen LogP contribution in [0.3, 0.4) is 0 Å². The first-order valence-electron chi connectivity index (χ1n) is 15.7. The van der Waals surface area contributed by atoms with Gasteiger partial charge in [0.1, 0.15) is 34.2 Å². The van der Waals surface area contributed by atoms with Crippen molar-refractivity contribution in [3.05, 3.63) is 82.2 Å². The molecule has 0 radical (unpaired) electrons. The topological polar surface area (TPSA) is 171 Å². The van der Waals surface area contributed by atoms with Crippen molar-refractivity contribution in [1.29, 1.82) is 0 Å². The number of carbonyl (C=O) groups is 5. The molecule has 282 valence electrons. The molecule has 19 heteroatoms. The Morgan fingerprint density at radius 3 is 1.93 bits per heavy atom. The van der Waals surface area contributed by atoms with Gasteiger partial charge >= 0.3 is 5.97 Å². The van der Waals surface area contributed by atoms with Crippen LogP contribution in [0, 0.1) is 46.8 Å². The van der Waals surface area contributed by atoms with Crippen molar-refractivity contribution in [3.8, 4) is 23.0 Å². The molecule has 0 aromatic heterocycles. The van der Waals surface area contributed by atoms with Crippen LogP contribution in [0.1, 0.15) is 34.7 Å². The van der Waals surface area contributed by atoms with Crippen LogP contribution in [0.2, 0.25) is 0 Å². The molecule has 0 unspecified atom stereocenters. The number of benzene rings is 3. The number of nitrogens with zero attached hydrogens (tertiary/aromatic N) is 2. The lowest BCUT2D eigenvalue weighted by Crippen LogP contribution is -2.60. The van der Waals surface area contributed by atoms with Crippen molar-refractivity contribution >= 4 is 64.2 Å². The van der Waals surface area contributed by atoms with Crippen molar-refractivity contribution < 1.29 is 70.7 Å². The molecule has 0 spiro atoms. The monoisotopic (exact) mass is 796 g/mol. The number of fused-ring (bicyclic) bond motifs is 4. The summed E-state index contributed by atoms with van der Waals surface area (Å²) in [4.78, 5) is 63.2. The largest absolute Gasteiger partial charge is 0.508 e. The van der Waals surface area contributed by atoms with Crippen LogP contribution in [-0.2, 0) is 19.2 Å². The maximum absolute atomic E-state index is 15.3. The van der Waals surface area contributed by atoms with E-state index in [1.807, 2.05) is 0 Å². The molecule has 2 saturated heterocycles. The number of carbonyl (C=O) groups excluding carboxylic acids is 4. The average Bonchev–Trinajstić information content (AvgIpc) is 3.47. The molecule has 7 rings (SSSR count). The second-order valence-corrected chi connectivity index (χ2v) is 14.2. The van der Waals surface area contributed by atoms with E-state index in [0.29, 0.717) is 4.90 Å². The maximum atomic E-state index is 15.3. The molecule has 54 heavy (non-hydrogen) atoms. The predicted molar refractivity (Wildman–Crippen MR) is 175 cm³/mol. The number of hydrogen-bond donors (Lipinski definition) is 3. The van der Waals surface area contributed by atoms with Gasteiger partial charge in [0.05, 0.1) is 31.7 Å². The summed E-state index contributed by atoms with van der Waals surface area (Å²) in [5.41, 5.74) is -2.82. The van der Waals surface area contributed by atoms with Crippen LogP contribution in [0.5, 0.6) is 23.0 Å². The molecule has 3 aromatic rings. The van der Waals surface area contributed by atoms with E-state index in [1.165, 1.54) is 6.08 Å². The smallest absolute Gasteiger partial charge is 0.339 e. The molecular weight excluding hydrogens is 774 g/mol. The van der Waals surface area contributed by atoms with Crippen molar-refractivity contribution in [1.82, 2.24) is 0 Å². The average molecular weight is 797 g/mol. The lowest BCUT2D eigenvalue weighted by molar-refractivity contribution is -0.125. The number of carboxylic acid groups (broad SMARTS) is 1. The molecule has 0 bridgehead atoms. The Morgan fingerprint density at radius 1 is 0.815 bits per heavy atom. The highest BCUT2D eigenvalue weighted by atomic mass is 35.5. The third kappa shape index (κ3) is 4.63. The number of phenolic OH excluding ortho intramolecular Hbond substituents is 1. The van der Waals surface area contributed by atoms with E-state index in [1.54, 1.807) is 0 Å². The molecule has 12 nitrogen and oxygen atoms in total. The van der Waals surface area contributed by atoms with E-state index < -0.39 is 121 Å². The minimum Gasteiger partial charge on any atom is -0.508 e. The summed E-state index contributed by atoms with van der Waals surface area (Å²) < 4.78 is 84.8. The number of carboxylic acids is 1. The first-order chi connectivity index (χ1) is 25.4. The van der Waals surface area contributed by atoms with Crippen molar-refractivity contribution in [2.45, 2.75) is 28.5 Å². The fraction of sp³-hybridized carbons (Fsp3) is 0.286. The summed E-state index contributed by atoms with van der Waals surface area (Å²) in [6, 6.07) is 5.08. The van der Waals surface area contributed by atoms with Crippen LogP contribution in [0.25, 0.3) is 0 Å². The fourth-order valence-corrected chi connectivity index (χ4v) is 9.11. The Labute approximate surface area is 309 Å². The van der Waals surface area contributed by atoms with Crippen LogP contribution in [-0.4, -0.2) is 68.9 Å². The van der Waals surface area contributed by atoms with Gasteiger partial charge in [-0.15, -0.1) is 23.2 Å². The summed E-state index contributed by atoms with van der Waals surface area (Å²) in [6.45, 7) is 0. The zero-order valence-electron chi connectivity index (χ0n) is 27.4. The quantitative estimate of drug-likeness (QED) is 0.0745. The Morgan fingerprint density at radius 2 is 1.39 bits per heavy atom. The van der Waals surface area contributed by atoms with Gasteiger partial charge in [-0.25, -0.2) is 36.5 Å². The number of rotatable bonds is 6. The summed E-state index contributed by atoms with van der Waals surface area (Å²) in [5, 5.41) is 30.1. The van der Waals surface area contributed by atoms with E-state index in [-0.39, 0.29) is 39.6 Å². The number of allylic oxidation sites excluding steroid dienone is 2. The maximum Gasteiger partial charge on any atom is 0.339 e. The third-order valence-corrected chi connectivity index (χ3v) is 11.9. The number of hydrogen-bond acceptors (Lipinski definition) is 9. The fourth-order valence-electron chi connectivity index (χ4n) is 8.19. The first-order valence-corrected chi connectivity index (χ1v) is 16.5. The number of ether oxygens (including phenoxy) is 2. The molecule has 2 aliphatic carbocycles. The molecule has 3 N–H and O–H groups in total. The van der Waals surface area contributed by atoms with Crippen LogP contribution in [0.15, 0.2) is 42.0 Å². The molecule has 1 saturated carbocycles. The Balaban J connectivity index is 1.46. The third-order valence-electron chi connectivity index (χ3n) is 10.5. The second-order valence-electron chi connectivity index (χ2n) is 13.0. The summed E-state index contributed by atoms with van der Waals surface area (Å²) in [6.07, 6.45) is 0.403. The SMILES string of the molecule is COc1cc(O)cc(OC)c1[C@H]1C2=CC[C@@H]3C(=O)N(c4ccc(C(=O)O)c(O)c4)C(=O)[C@@H]3[C@@H]2C[C@@]2(Cl)C(=O)N(c3c(F)c(F)c(F)c(F)c3F)C(=O)[C@@]12Cl. The summed E-state index contributed by atoms with van der Waals surface area (Å²) >= 11 is 14.3. The molecule has 4 amide bonds. The van der Waals surface area contributed by atoms with Crippen molar-refractivity contribution in [3.63, 3.8) is 0 Å². The zero-order chi connectivity index (χ0) is 39.5. The number of methoxy groups -OCH3 is 2. The van der Waals surface area contributed by atoms with Crippen LogP contribution >= 0.6 is 23.2 Å². The van der Waals surface area contributed by atoms with E-state index in [2.05, 4.69) is 0 Å². The number of halogens is 7. The Bertz CT molecular complexity index is 2250. The van der Waals surface area contributed by atoms with Crippen LogP contribution in [0.4, 0.5) is 33.3 Å². The van der Waals surface area contributed by atoms with Gasteiger partial charge in [0, 0.05) is 29.7 Å². The van der Waals surface area contributed by atoms with Gasteiger partial charge in [0.15, 0.2) is 33.0 Å². The molecule has 4 aliphatic rings. The number of anilines is 2. The molecule has 2 heterocycles. The van der Waals surface area contributed by atoms with Gasteiger partial charge in [0.25, 0.3) is 11.8 Å². The van der Waals surface area contributed by atoms with Crippen LogP contribution < -0.4 is 19.3 Å². The minimum absolute atomic E-state index is 0.0669. The van der Waals surface area contributed by atoms with Gasteiger partial charge in [0.2, 0.25) is 17.6 Å². The normalized spacial score (nSPS) is 27.5. The molecule has 3 fully saturated rings. The molecular formula is C35H23Cl2F5N2O10. The number of aromatic carboxylic acids is 1. The zero-order valence-corrected chi connectivity index (χ0v) is 28.9. The van der Waals surface area contributed by atoms with Crippen molar-refractivity contribution in [2.75, 3.05) is 24.0 Å². The highest BCUT2D eigenvalue weighted by molar-refractivity contribution is 6.58. The number of imide groups is 2. The first kappa shape index (κ1) is 36.9. The lowest BCUT2D eigenvalue weighted by atomic mass is 9.56. The van der Waals surface area contributed by atoms with Gasteiger partial charge in [-0.05, 0) is 30.9 Å². The standard InChI is InChI=1S/C35H23Cl2F5N2O10/c1-53-18-8-12(45)9-19(54-2)21(18)22-13-5-6-15-20(30(48)43(29(15)47)11-3-4-14(31(49)50)17(46)7-11)16(13)10-34(36)32(51)44(33(52)35(22,34)37)28-26(41)24(39)23(38)25(40)27(28)42/h3-5,7-9,15-16,20,22,45-46H,6,10H2,1-2H3,(H,49,50)/t15-,16+,20-,22+,34+,35-/m0/s1. The number of amides is 4. The highest BCUT2D eigenvalue weighted by Gasteiger charge is 2.77. The van der Waals surface area contributed by atoms with Gasteiger partial charge in [-0.2, -0.15) is 0 Å². The van der Waals surface area contributed by atoms with Crippen molar-refractivity contribution in [2.24, 2.45) is 17.8 Å². The minimum atomic E-state index is -2.90. The molecule has 6 atom stereocenters. The Hall–Kier alpha value is -5.42. The lowest BCUT2D eigenvalue weighted by Gasteiger charge is -2.51. The Kier molecular flexibility index (Phi) is 8.42. The predicted octanol–water partition coefficient (Wildman–Crippen LogP) is 5.28. The second kappa shape index (κ2) is 12.3. The summed E-state index contributed by atoms with van der Waals surface area (Å²) in [5.74, 6) is -26.7. The molecule has 3 aromatic carbocycles. The summed E-state index contributed by atoms with van der Waals surface area (Å²) in [7, 11) is 2.28. The van der Waals surface area contributed by atoms with Gasteiger partial charge < -0.3 is 24.8 Å². The molecule has 2 aliphatic heterocycles. The van der Waals surface area contributed by atoms with E-state index in [4.69, 9.17) is 32.7 Å². The van der Waals surface area contributed by atoms with E-state index in [9.17, 15) is 52.5 Å². The number of phenols is 2. The van der Waals surface area contributed by atoms with Gasteiger partial charge in [-0.3, -0.25) is 19.2 Å². The van der Waals surface area contributed by atoms with Gasteiger partial charge in [-0.1, -0.05) is 11.6 Å². The van der Waals surface area contributed by atoms with E-state index in [0.717, 1.165) is 44.6 Å². The van der Waals surface area contributed by atoms with E-state index >= 15 is 8.78 Å². The number of alkyl halides is 2.